The standard InChI is InChI=1S/C12H18N4O3/c1-3-5-12(11(18)19)6-4-7-16(12)10(17)9-13-8(2)14-15-9/h3-7H2,1-2H3,(H,18,19)(H,13,14,15). The van der Waals surface area contributed by atoms with Crippen molar-refractivity contribution in [1.29, 1.82) is 0 Å². The lowest BCUT2D eigenvalue weighted by molar-refractivity contribution is -0.148. The Balaban J connectivity index is 2.31. The van der Waals surface area contributed by atoms with Crippen molar-refractivity contribution in [2.24, 2.45) is 0 Å². The predicted molar refractivity (Wildman–Crippen MR) is 66.7 cm³/mol. The van der Waals surface area contributed by atoms with Crippen molar-refractivity contribution in [2.45, 2.75) is 45.1 Å². The minimum absolute atomic E-state index is 0.0427. The number of carboxylic acids is 1. The molecule has 1 aromatic heterocycles. The van der Waals surface area contributed by atoms with Crippen LogP contribution in [0.2, 0.25) is 0 Å². The molecule has 2 rings (SSSR count). The number of amides is 1. The van der Waals surface area contributed by atoms with E-state index in [2.05, 4.69) is 15.2 Å². The van der Waals surface area contributed by atoms with Gasteiger partial charge in [-0.05, 0) is 26.2 Å². The average Bonchev–Trinajstić information content (AvgIpc) is 2.96. The number of aromatic nitrogens is 3. The molecule has 0 saturated carbocycles. The Morgan fingerprint density at radius 1 is 1.53 bits per heavy atom. The summed E-state index contributed by atoms with van der Waals surface area (Å²) in [6, 6.07) is 0. The van der Waals surface area contributed by atoms with E-state index in [-0.39, 0.29) is 5.82 Å². The highest BCUT2D eigenvalue weighted by Crippen LogP contribution is 2.34. The SMILES string of the molecule is CCCC1(C(=O)O)CCCN1C(=O)c1n[nH]c(C)n1. The molecule has 2 heterocycles. The Bertz CT molecular complexity index is 499. The maximum Gasteiger partial charge on any atom is 0.329 e. The smallest absolute Gasteiger partial charge is 0.329 e. The molecule has 1 atom stereocenters. The molecule has 1 unspecified atom stereocenters. The zero-order valence-corrected chi connectivity index (χ0v) is 11.1. The number of carboxylic acid groups (broad SMARTS) is 1. The third kappa shape index (κ3) is 2.20. The van der Waals surface area contributed by atoms with E-state index in [1.807, 2.05) is 6.92 Å². The topological polar surface area (TPSA) is 99.2 Å². The first kappa shape index (κ1) is 13.5. The second-order valence-corrected chi connectivity index (χ2v) is 4.89. The van der Waals surface area contributed by atoms with Gasteiger partial charge in [0.1, 0.15) is 11.4 Å². The van der Waals surface area contributed by atoms with Gasteiger partial charge < -0.3 is 10.0 Å². The first-order chi connectivity index (χ1) is 9.01. The second-order valence-electron chi connectivity index (χ2n) is 4.89. The van der Waals surface area contributed by atoms with Crippen molar-refractivity contribution >= 4 is 11.9 Å². The lowest BCUT2D eigenvalue weighted by Crippen LogP contribution is -2.53. The molecule has 7 heteroatoms. The van der Waals surface area contributed by atoms with Crippen LogP contribution in [0.15, 0.2) is 0 Å². The number of likely N-dealkylation sites (tertiary alicyclic amines) is 1. The lowest BCUT2D eigenvalue weighted by atomic mass is 9.90. The molecule has 1 amide bonds. The van der Waals surface area contributed by atoms with E-state index in [9.17, 15) is 14.7 Å². The number of nitrogens with zero attached hydrogens (tertiary/aromatic N) is 3. The predicted octanol–water partition coefficient (Wildman–Crippen LogP) is 0.973. The molecule has 1 fully saturated rings. The fourth-order valence-corrected chi connectivity index (χ4v) is 2.74. The average molecular weight is 266 g/mol. The summed E-state index contributed by atoms with van der Waals surface area (Å²) in [5.41, 5.74) is -1.10. The van der Waals surface area contributed by atoms with Gasteiger partial charge in [-0.25, -0.2) is 9.78 Å². The van der Waals surface area contributed by atoms with Crippen LogP contribution in [-0.2, 0) is 4.79 Å². The molecule has 0 bridgehead atoms. The van der Waals surface area contributed by atoms with E-state index in [1.54, 1.807) is 6.92 Å². The second kappa shape index (κ2) is 4.99. The van der Waals surface area contributed by atoms with Crippen LogP contribution in [0.3, 0.4) is 0 Å². The summed E-state index contributed by atoms with van der Waals surface area (Å²) in [5, 5.41) is 16.0. The van der Waals surface area contributed by atoms with Crippen molar-refractivity contribution in [3.8, 4) is 0 Å². The zero-order valence-electron chi connectivity index (χ0n) is 11.1. The Morgan fingerprint density at radius 2 is 2.26 bits per heavy atom. The van der Waals surface area contributed by atoms with E-state index in [0.717, 1.165) is 0 Å². The van der Waals surface area contributed by atoms with Crippen LogP contribution in [0.5, 0.6) is 0 Å². The molecule has 0 spiro atoms. The van der Waals surface area contributed by atoms with Gasteiger partial charge in [0, 0.05) is 6.54 Å². The maximum atomic E-state index is 12.4. The van der Waals surface area contributed by atoms with Crippen LogP contribution >= 0.6 is 0 Å². The van der Waals surface area contributed by atoms with Gasteiger partial charge in [-0.3, -0.25) is 9.89 Å². The highest BCUT2D eigenvalue weighted by atomic mass is 16.4. The first-order valence-electron chi connectivity index (χ1n) is 6.45. The molecule has 104 valence electrons. The molecule has 1 aliphatic heterocycles. The highest BCUT2D eigenvalue weighted by Gasteiger charge is 2.49. The molecule has 1 saturated heterocycles. The van der Waals surface area contributed by atoms with Crippen molar-refractivity contribution in [1.82, 2.24) is 20.1 Å². The van der Waals surface area contributed by atoms with Gasteiger partial charge in [-0.2, -0.15) is 0 Å². The van der Waals surface area contributed by atoms with Gasteiger partial charge in [-0.15, -0.1) is 5.10 Å². The van der Waals surface area contributed by atoms with Gasteiger partial charge >= 0.3 is 5.97 Å². The summed E-state index contributed by atoms with van der Waals surface area (Å²) in [6.45, 7) is 4.06. The number of carbonyl (C=O) groups excluding carboxylic acids is 1. The van der Waals surface area contributed by atoms with Crippen LogP contribution < -0.4 is 0 Å². The monoisotopic (exact) mass is 266 g/mol. The quantitative estimate of drug-likeness (QED) is 0.846. The Labute approximate surface area is 111 Å². The number of hydrogen-bond acceptors (Lipinski definition) is 4. The van der Waals surface area contributed by atoms with Crippen molar-refractivity contribution in [2.75, 3.05) is 6.54 Å². The minimum atomic E-state index is -1.10. The van der Waals surface area contributed by atoms with Crippen LogP contribution in [0.4, 0.5) is 0 Å². The lowest BCUT2D eigenvalue weighted by Gasteiger charge is -2.33. The zero-order chi connectivity index (χ0) is 14.0. The number of H-pyrrole nitrogens is 1. The normalized spacial score (nSPS) is 22.7. The summed E-state index contributed by atoms with van der Waals surface area (Å²) in [7, 11) is 0. The van der Waals surface area contributed by atoms with Crippen LogP contribution in [0.1, 0.15) is 49.1 Å². The molecule has 7 nitrogen and oxygen atoms in total. The Kier molecular flexibility index (Phi) is 3.55. The van der Waals surface area contributed by atoms with E-state index in [1.165, 1.54) is 4.90 Å². The van der Waals surface area contributed by atoms with Gasteiger partial charge in [0.25, 0.3) is 5.91 Å². The summed E-state index contributed by atoms with van der Waals surface area (Å²) in [5.74, 6) is -0.759. The number of aliphatic carboxylic acids is 1. The van der Waals surface area contributed by atoms with Gasteiger partial charge in [-0.1, -0.05) is 13.3 Å². The Morgan fingerprint density at radius 3 is 2.79 bits per heavy atom. The number of hydrogen-bond donors (Lipinski definition) is 2. The molecule has 1 aliphatic rings. The molecule has 1 aromatic rings. The molecule has 0 radical (unpaired) electrons. The minimum Gasteiger partial charge on any atom is -0.479 e. The van der Waals surface area contributed by atoms with E-state index in [4.69, 9.17) is 0 Å². The number of aromatic amines is 1. The van der Waals surface area contributed by atoms with Gasteiger partial charge in [0.2, 0.25) is 5.82 Å². The number of carbonyl (C=O) groups is 2. The maximum absolute atomic E-state index is 12.4. The fourth-order valence-electron chi connectivity index (χ4n) is 2.74. The van der Waals surface area contributed by atoms with Gasteiger partial charge in [0.15, 0.2) is 0 Å². The summed E-state index contributed by atoms with van der Waals surface area (Å²) >= 11 is 0. The largest absolute Gasteiger partial charge is 0.479 e. The number of rotatable bonds is 4. The number of nitrogens with one attached hydrogen (secondary N) is 1. The summed E-state index contributed by atoms with van der Waals surface area (Å²) in [4.78, 5) is 29.4. The summed E-state index contributed by atoms with van der Waals surface area (Å²) < 4.78 is 0. The first-order valence-corrected chi connectivity index (χ1v) is 6.45. The Hall–Kier alpha value is -1.92. The van der Waals surface area contributed by atoms with Crippen LogP contribution in [0.25, 0.3) is 0 Å². The van der Waals surface area contributed by atoms with Crippen LogP contribution in [-0.4, -0.2) is 49.1 Å². The third-order valence-electron chi connectivity index (χ3n) is 3.58. The van der Waals surface area contributed by atoms with E-state index < -0.39 is 17.4 Å². The van der Waals surface area contributed by atoms with Crippen molar-refractivity contribution in [3.63, 3.8) is 0 Å². The highest BCUT2D eigenvalue weighted by molar-refractivity contribution is 5.95. The molecule has 0 aromatic carbocycles. The fraction of sp³-hybridized carbons (Fsp3) is 0.667. The summed E-state index contributed by atoms with van der Waals surface area (Å²) in [6.07, 6.45) is 2.35. The molecular weight excluding hydrogens is 248 g/mol. The number of aryl methyl sites for hydroxylation is 1. The van der Waals surface area contributed by atoms with Crippen molar-refractivity contribution in [3.05, 3.63) is 11.6 Å². The van der Waals surface area contributed by atoms with Crippen LogP contribution in [0, 0.1) is 6.92 Å². The van der Waals surface area contributed by atoms with Gasteiger partial charge in [0.05, 0.1) is 0 Å². The third-order valence-corrected chi connectivity index (χ3v) is 3.58. The van der Waals surface area contributed by atoms with Crippen molar-refractivity contribution < 1.29 is 14.7 Å². The molecule has 0 aliphatic carbocycles. The van der Waals surface area contributed by atoms with E-state index in [0.29, 0.717) is 38.1 Å². The molecule has 2 N–H and O–H groups in total. The molecule has 19 heavy (non-hydrogen) atoms. The van der Waals surface area contributed by atoms with E-state index >= 15 is 0 Å². The molecular formula is C12H18N4O3.